The number of hydrogen-bond donors (Lipinski definition) is 3. The normalized spacial score (nSPS) is 11.0. The Bertz CT molecular complexity index is 1700. The van der Waals surface area contributed by atoms with Crippen LogP contribution in [0.1, 0.15) is 38.9 Å². The minimum absolute atomic E-state index is 0.143. The standard InChI is InChI=1S/C16H19NO2S.C8H12N2.C7H7ClO2S/c1-11-5-7-15(8-6-11)20(18,19)17-16-10-12(2)9-13(3)14(16)4;1-5-3-7(9)6(2)8(10)4-5;1-6-2-4-7(5-3-6)11(8,9)10/h5-10,17H,1-4H3;3-4H,9-10H2,1-2H3;2-5H,1H3. The molecule has 0 radical (unpaired) electrons. The lowest BCUT2D eigenvalue weighted by Crippen LogP contribution is -2.14. The van der Waals surface area contributed by atoms with Gasteiger partial charge in [-0.2, -0.15) is 0 Å². The molecule has 0 bridgehead atoms. The third-order valence-corrected chi connectivity index (χ3v) is 9.07. The average Bonchev–Trinajstić information content (AvgIpc) is 2.86. The first-order valence-corrected chi connectivity index (χ1v) is 16.5. The fourth-order valence-corrected chi connectivity index (χ4v) is 5.57. The number of nitrogens with two attached hydrogens (primary N) is 2. The molecule has 0 aromatic heterocycles. The highest BCUT2D eigenvalue weighted by molar-refractivity contribution is 8.13. The zero-order valence-electron chi connectivity index (χ0n) is 24.4. The number of nitrogen functional groups attached to an aromatic ring is 2. The molecule has 0 saturated heterocycles. The van der Waals surface area contributed by atoms with Gasteiger partial charge >= 0.3 is 0 Å². The van der Waals surface area contributed by atoms with Crippen molar-refractivity contribution in [2.45, 2.75) is 58.3 Å². The molecule has 0 fully saturated rings. The molecule has 0 saturated carbocycles. The van der Waals surface area contributed by atoms with E-state index < -0.39 is 19.1 Å². The van der Waals surface area contributed by atoms with Gasteiger partial charge in [0, 0.05) is 22.1 Å². The molecule has 5 N–H and O–H groups in total. The van der Waals surface area contributed by atoms with Gasteiger partial charge in [-0.15, -0.1) is 0 Å². The van der Waals surface area contributed by atoms with Crippen molar-refractivity contribution in [3.63, 3.8) is 0 Å². The van der Waals surface area contributed by atoms with E-state index in [2.05, 4.69) is 4.72 Å². The van der Waals surface area contributed by atoms with Gasteiger partial charge in [-0.3, -0.25) is 4.72 Å². The first-order valence-electron chi connectivity index (χ1n) is 12.7. The summed E-state index contributed by atoms with van der Waals surface area (Å²) in [6.07, 6.45) is 0. The van der Waals surface area contributed by atoms with Crippen molar-refractivity contribution in [3.05, 3.63) is 112 Å². The molecule has 220 valence electrons. The lowest BCUT2D eigenvalue weighted by molar-refractivity contribution is 0.601. The van der Waals surface area contributed by atoms with Gasteiger partial charge in [0.15, 0.2) is 0 Å². The summed E-state index contributed by atoms with van der Waals surface area (Å²) in [5, 5.41) is 0. The maximum atomic E-state index is 12.4. The van der Waals surface area contributed by atoms with Gasteiger partial charge in [0.25, 0.3) is 19.1 Å². The molecule has 4 rings (SSSR count). The van der Waals surface area contributed by atoms with Gasteiger partial charge < -0.3 is 11.5 Å². The second-order valence-electron chi connectivity index (χ2n) is 9.99. The zero-order valence-corrected chi connectivity index (χ0v) is 26.8. The molecular formula is C31H38ClN3O4S2. The molecule has 0 unspecified atom stereocenters. The van der Waals surface area contributed by atoms with E-state index in [1.807, 2.05) is 72.7 Å². The highest BCUT2D eigenvalue weighted by Gasteiger charge is 2.15. The molecule has 0 aliphatic carbocycles. The van der Waals surface area contributed by atoms with Crippen LogP contribution in [0.3, 0.4) is 0 Å². The lowest BCUT2D eigenvalue weighted by atomic mass is 10.1. The van der Waals surface area contributed by atoms with E-state index >= 15 is 0 Å². The molecule has 0 heterocycles. The largest absolute Gasteiger partial charge is 0.398 e. The van der Waals surface area contributed by atoms with Crippen LogP contribution in [0.2, 0.25) is 0 Å². The number of anilines is 3. The summed E-state index contributed by atoms with van der Waals surface area (Å²) in [6.45, 7) is 13.6. The number of benzene rings is 4. The second kappa shape index (κ2) is 13.9. The van der Waals surface area contributed by atoms with E-state index in [1.54, 1.807) is 36.4 Å². The Kier molecular flexibility index (Phi) is 11.4. The predicted octanol–water partition coefficient (Wildman–Crippen LogP) is 7.11. The van der Waals surface area contributed by atoms with Crippen molar-refractivity contribution in [1.29, 1.82) is 0 Å². The van der Waals surface area contributed by atoms with E-state index in [0.717, 1.165) is 50.3 Å². The van der Waals surface area contributed by atoms with Gasteiger partial charge in [0.1, 0.15) is 0 Å². The van der Waals surface area contributed by atoms with Crippen LogP contribution in [0, 0.1) is 48.5 Å². The van der Waals surface area contributed by atoms with Crippen LogP contribution < -0.4 is 16.2 Å². The van der Waals surface area contributed by atoms with Crippen LogP contribution in [-0.2, 0) is 19.1 Å². The Morgan fingerprint density at radius 1 is 0.561 bits per heavy atom. The summed E-state index contributed by atoms with van der Waals surface area (Å²) in [5.74, 6) is 0. The van der Waals surface area contributed by atoms with Crippen molar-refractivity contribution in [2.24, 2.45) is 0 Å². The van der Waals surface area contributed by atoms with Crippen LogP contribution in [0.15, 0.2) is 82.6 Å². The average molecular weight is 616 g/mol. The maximum Gasteiger partial charge on any atom is 0.261 e. The second-order valence-corrected chi connectivity index (χ2v) is 14.2. The summed E-state index contributed by atoms with van der Waals surface area (Å²) in [6, 6.07) is 20.9. The number of nitrogens with one attached hydrogen (secondary N) is 1. The number of aryl methyl sites for hydroxylation is 5. The molecule has 4 aromatic carbocycles. The summed E-state index contributed by atoms with van der Waals surface area (Å²) < 4.78 is 48.8. The molecule has 0 spiro atoms. The summed E-state index contributed by atoms with van der Waals surface area (Å²) in [5.41, 5.74) is 20.7. The minimum atomic E-state index is -3.55. The molecule has 0 aliphatic rings. The zero-order chi connectivity index (χ0) is 31.1. The number of halogens is 1. The minimum Gasteiger partial charge on any atom is -0.398 e. The highest BCUT2D eigenvalue weighted by Crippen LogP contribution is 2.24. The van der Waals surface area contributed by atoms with Crippen LogP contribution in [0.5, 0.6) is 0 Å². The van der Waals surface area contributed by atoms with E-state index in [1.165, 1.54) is 12.1 Å². The molecule has 4 aromatic rings. The van der Waals surface area contributed by atoms with Crippen molar-refractivity contribution >= 4 is 46.8 Å². The summed E-state index contributed by atoms with van der Waals surface area (Å²) in [4.78, 5) is 0.423. The molecular weight excluding hydrogens is 578 g/mol. The van der Waals surface area contributed by atoms with Crippen LogP contribution in [0.25, 0.3) is 0 Å². The molecule has 0 aliphatic heterocycles. The Morgan fingerprint density at radius 2 is 0.976 bits per heavy atom. The van der Waals surface area contributed by atoms with Crippen LogP contribution in [0.4, 0.5) is 17.1 Å². The number of hydrogen-bond acceptors (Lipinski definition) is 6. The Labute approximate surface area is 249 Å². The van der Waals surface area contributed by atoms with E-state index in [9.17, 15) is 16.8 Å². The highest BCUT2D eigenvalue weighted by atomic mass is 35.7. The summed E-state index contributed by atoms with van der Waals surface area (Å²) >= 11 is 0. The van der Waals surface area contributed by atoms with Gasteiger partial charge in [-0.1, -0.05) is 41.5 Å². The Balaban J connectivity index is 0.000000236. The third-order valence-electron chi connectivity index (χ3n) is 6.32. The van der Waals surface area contributed by atoms with E-state index in [-0.39, 0.29) is 9.79 Å². The lowest BCUT2D eigenvalue weighted by Gasteiger charge is -2.13. The van der Waals surface area contributed by atoms with E-state index in [0.29, 0.717) is 5.69 Å². The molecule has 0 atom stereocenters. The predicted molar refractivity (Wildman–Crippen MR) is 172 cm³/mol. The Hall–Kier alpha value is -3.53. The molecule has 41 heavy (non-hydrogen) atoms. The summed E-state index contributed by atoms with van der Waals surface area (Å²) in [7, 11) is -2.00. The fraction of sp³-hybridized carbons (Fsp3) is 0.226. The van der Waals surface area contributed by atoms with Gasteiger partial charge in [-0.25, -0.2) is 16.8 Å². The van der Waals surface area contributed by atoms with Crippen LogP contribution >= 0.6 is 10.7 Å². The smallest absolute Gasteiger partial charge is 0.261 e. The number of rotatable bonds is 4. The van der Waals surface area contributed by atoms with Gasteiger partial charge in [0.2, 0.25) is 0 Å². The van der Waals surface area contributed by atoms with Crippen molar-refractivity contribution < 1.29 is 16.8 Å². The topological polar surface area (TPSA) is 132 Å². The van der Waals surface area contributed by atoms with Gasteiger partial charge in [-0.05, 0) is 119 Å². The maximum absolute atomic E-state index is 12.4. The van der Waals surface area contributed by atoms with Crippen molar-refractivity contribution in [3.8, 4) is 0 Å². The molecule has 0 amide bonds. The Morgan fingerprint density at radius 3 is 1.41 bits per heavy atom. The fourth-order valence-electron chi connectivity index (χ4n) is 3.68. The quantitative estimate of drug-likeness (QED) is 0.165. The van der Waals surface area contributed by atoms with Gasteiger partial charge in [0.05, 0.1) is 15.5 Å². The molecule has 7 nitrogen and oxygen atoms in total. The monoisotopic (exact) mass is 615 g/mol. The number of sulfonamides is 1. The first kappa shape index (κ1) is 33.7. The molecule has 10 heteroatoms. The third kappa shape index (κ3) is 10.1. The SMILES string of the molecule is Cc1cc(N)c(C)c(N)c1.Cc1ccc(S(=O)(=O)Cl)cc1.Cc1ccc(S(=O)(=O)Nc2cc(C)cc(C)c2C)cc1. The van der Waals surface area contributed by atoms with Crippen molar-refractivity contribution in [1.82, 2.24) is 0 Å². The van der Waals surface area contributed by atoms with E-state index in [4.69, 9.17) is 22.1 Å². The van der Waals surface area contributed by atoms with Crippen LogP contribution in [-0.4, -0.2) is 16.8 Å². The first-order chi connectivity index (χ1) is 18.9. The van der Waals surface area contributed by atoms with Crippen molar-refractivity contribution in [2.75, 3.05) is 16.2 Å².